The molecule has 0 aliphatic heterocycles. The van der Waals surface area contributed by atoms with Crippen molar-refractivity contribution in [2.24, 2.45) is 0 Å². The van der Waals surface area contributed by atoms with E-state index in [4.69, 9.17) is 16.3 Å². The number of ether oxygens (including phenoxy) is 1. The van der Waals surface area contributed by atoms with Crippen molar-refractivity contribution in [2.45, 2.75) is 18.2 Å². The third-order valence-electron chi connectivity index (χ3n) is 3.53. The summed E-state index contributed by atoms with van der Waals surface area (Å²) in [6.07, 6.45) is 2.67. The van der Waals surface area contributed by atoms with Gasteiger partial charge in [0.15, 0.2) is 0 Å². The number of benzene rings is 2. The van der Waals surface area contributed by atoms with E-state index in [1.54, 1.807) is 24.9 Å². The van der Waals surface area contributed by atoms with E-state index < -0.39 is 0 Å². The lowest BCUT2D eigenvalue weighted by molar-refractivity contribution is 0.0954. The summed E-state index contributed by atoms with van der Waals surface area (Å²) in [7, 11) is 1.65. The molecule has 122 valence electrons. The first-order chi connectivity index (χ1) is 11.0. The second-order valence-corrected chi connectivity index (χ2v) is 6.45. The van der Waals surface area contributed by atoms with Gasteiger partial charge in [0.2, 0.25) is 0 Å². The van der Waals surface area contributed by atoms with Crippen molar-refractivity contribution in [3.05, 3.63) is 58.1 Å². The van der Waals surface area contributed by atoms with Gasteiger partial charge in [0.1, 0.15) is 5.75 Å². The summed E-state index contributed by atoms with van der Waals surface area (Å²) in [4.78, 5) is 13.3. The Bertz CT molecular complexity index is 703. The average molecular weight is 350 g/mol. The molecule has 0 aliphatic rings. The molecule has 0 unspecified atom stereocenters. The van der Waals surface area contributed by atoms with Crippen LogP contribution < -0.4 is 10.1 Å². The second kappa shape index (κ2) is 8.27. The van der Waals surface area contributed by atoms with E-state index in [0.29, 0.717) is 23.6 Å². The van der Waals surface area contributed by atoms with E-state index in [-0.39, 0.29) is 5.91 Å². The molecule has 0 aromatic heterocycles. The molecule has 0 aliphatic carbocycles. The van der Waals surface area contributed by atoms with E-state index >= 15 is 0 Å². The van der Waals surface area contributed by atoms with Gasteiger partial charge in [-0.3, -0.25) is 4.79 Å². The molecule has 2 aromatic rings. The Morgan fingerprint density at radius 3 is 2.74 bits per heavy atom. The van der Waals surface area contributed by atoms with Crippen LogP contribution in [-0.2, 0) is 6.42 Å². The summed E-state index contributed by atoms with van der Waals surface area (Å²) in [5.41, 5.74) is 2.76. The van der Waals surface area contributed by atoms with Gasteiger partial charge in [0.25, 0.3) is 5.91 Å². The minimum absolute atomic E-state index is 0.155. The van der Waals surface area contributed by atoms with Crippen LogP contribution in [0.2, 0.25) is 5.02 Å². The SMILES string of the molecule is COc1ccc(C)cc1CCNC(=O)c1cc(SC)ccc1Cl. The molecule has 0 fully saturated rings. The molecular formula is C18H20ClNO2S. The lowest BCUT2D eigenvalue weighted by Crippen LogP contribution is -2.26. The molecule has 0 heterocycles. The Morgan fingerprint density at radius 2 is 2.04 bits per heavy atom. The molecule has 23 heavy (non-hydrogen) atoms. The summed E-state index contributed by atoms with van der Waals surface area (Å²) in [6, 6.07) is 11.5. The van der Waals surface area contributed by atoms with Crippen molar-refractivity contribution in [1.29, 1.82) is 0 Å². The Morgan fingerprint density at radius 1 is 1.26 bits per heavy atom. The summed E-state index contributed by atoms with van der Waals surface area (Å²) < 4.78 is 5.36. The van der Waals surface area contributed by atoms with Gasteiger partial charge in [-0.05, 0) is 49.4 Å². The smallest absolute Gasteiger partial charge is 0.252 e. The fourth-order valence-corrected chi connectivity index (χ4v) is 2.96. The summed E-state index contributed by atoms with van der Waals surface area (Å²) >= 11 is 7.70. The van der Waals surface area contributed by atoms with Crippen LogP contribution in [0.3, 0.4) is 0 Å². The highest BCUT2D eigenvalue weighted by Crippen LogP contribution is 2.23. The third kappa shape index (κ3) is 4.66. The predicted octanol–water partition coefficient (Wildman–Crippen LogP) is 4.35. The van der Waals surface area contributed by atoms with Gasteiger partial charge in [0.05, 0.1) is 17.7 Å². The molecule has 1 N–H and O–H groups in total. The second-order valence-electron chi connectivity index (χ2n) is 5.17. The van der Waals surface area contributed by atoms with E-state index in [1.807, 2.05) is 37.4 Å². The van der Waals surface area contributed by atoms with Gasteiger partial charge in [-0.15, -0.1) is 11.8 Å². The molecule has 0 saturated carbocycles. The van der Waals surface area contributed by atoms with E-state index in [1.165, 1.54) is 5.56 Å². The largest absolute Gasteiger partial charge is 0.496 e. The van der Waals surface area contributed by atoms with Gasteiger partial charge >= 0.3 is 0 Å². The number of rotatable bonds is 6. The number of halogens is 1. The van der Waals surface area contributed by atoms with Crippen LogP contribution >= 0.6 is 23.4 Å². The van der Waals surface area contributed by atoms with Gasteiger partial charge in [-0.25, -0.2) is 0 Å². The van der Waals surface area contributed by atoms with Crippen LogP contribution in [0.15, 0.2) is 41.3 Å². The van der Waals surface area contributed by atoms with Crippen LogP contribution in [0.5, 0.6) is 5.75 Å². The highest BCUT2D eigenvalue weighted by Gasteiger charge is 2.11. The number of carbonyl (C=O) groups is 1. The molecule has 5 heteroatoms. The maximum Gasteiger partial charge on any atom is 0.252 e. The van der Waals surface area contributed by atoms with Crippen molar-refractivity contribution in [1.82, 2.24) is 5.32 Å². The molecule has 1 amide bonds. The molecule has 0 radical (unpaired) electrons. The van der Waals surface area contributed by atoms with Crippen molar-refractivity contribution in [2.75, 3.05) is 19.9 Å². The Hall–Kier alpha value is -1.65. The average Bonchev–Trinajstić information content (AvgIpc) is 2.55. The number of carbonyl (C=O) groups excluding carboxylic acids is 1. The van der Waals surface area contributed by atoms with E-state index in [0.717, 1.165) is 16.2 Å². The fraction of sp³-hybridized carbons (Fsp3) is 0.278. The van der Waals surface area contributed by atoms with Crippen molar-refractivity contribution < 1.29 is 9.53 Å². The Labute approximate surface area is 146 Å². The third-order valence-corrected chi connectivity index (χ3v) is 4.59. The van der Waals surface area contributed by atoms with Crippen LogP contribution in [-0.4, -0.2) is 25.8 Å². The number of thioether (sulfide) groups is 1. The Balaban J connectivity index is 2.01. The summed E-state index contributed by atoms with van der Waals surface area (Å²) in [5, 5.41) is 3.39. The monoisotopic (exact) mass is 349 g/mol. The molecule has 0 saturated heterocycles. The molecule has 0 atom stereocenters. The van der Waals surface area contributed by atoms with Gasteiger partial charge in [-0.2, -0.15) is 0 Å². The highest BCUT2D eigenvalue weighted by atomic mass is 35.5. The predicted molar refractivity (Wildman–Crippen MR) is 97.0 cm³/mol. The van der Waals surface area contributed by atoms with Crippen molar-refractivity contribution >= 4 is 29.3 Å². The van der Waals surface area contributed by atoms with Gasteiger partial charge < -0.3 is 10.1 Å². The first-order valence-electron chi connectivity index (χ1n) is 7.30. The topological polar surface area (TPSA) is 38.3 Å². The minimum atomic E-state index is -0.155. The molecule has 2 rings (SSSR count). The minimum Gasteiger partial charge on any atom is -0.496 e. The zero-order valence-electron chi connectivity index (χ0n) is 13.5. The zero-order valence-corrected chi connectivity index (χ0v) is 15.1. The molecule has 3 nitrogen and oxygen atoms in total. The van der Waals surface area contributed by atoms with Crippen LogP contribution in [0, 0.1) is 6.92 Å². The lowest BCUT2D eigenvalue weighted by Gasteiger charge is -2.11. The summed E-state index contributed by atoms with van der Waals surface area (Å²) in [6.45, 7) is 2.56. The van der Waals surface area contributed by atoms with Crippen LogP contribution in [0.4, 0.5) is 0 Å². The van der Waals surface area contributed by atoms with Gasteiger partial charge in [0, 0.05) is 11.4 Å². The van der Waals surface area contributed by atoms with Crippen molar-refractivity contribution in [3.63, 3.8) is 0 Å². The molecular weight excluding hydrogens is 330 g/mol. The standard InChI is InChI=1S/C18H20ClNO2S/c1-12-4-7-17(22-2)13(10-12)8-9-20-18(21)15-11-14(23-3)5-6-16(15)19/h4-7,10-11H,8-9H2,1-3H3,(H,20,21). The number of methoxy groups -OCH3 is 1. The lowest BCUT2D eigenvalue weighted by atomic mass is 10.1. The van der Waals surface area contributed by atoms with E-state index in [2.05, 4.69) is 11.4 Å². The first-order valence-corrected chi connectivity index (χ1v) is 8.90. The number of hydrogen-bond acceptors (Lipinski definition) is 3. The zero-order chi connectivity index (χ0) is 16.8. The van der Waals surface area contributed by atoms with Crippen LogP contribution in [0.25, 0.3) is 0 Å². The number of hydrogen-bond donors (Lipinski definition) is 1. The number of aryl methyl sites for hydroxylation is 1. The van der Waals surface area contributed by atoms with Crippen molar-refractivity contribution in [3.8, 4) is 5.75 Å². The highest BCUT2D eigenvalue weighted by molar-refractivity contribution is 7.98. The quantitative estimate of drug-likeness (QED) is 0.788. The number of amides is 1. The summed E-state index contributed by atoms with van der Waals surface area (Å²) in [5.74, 6) is 0.685. The van der Waals surface area contributed by atoms with E-state index in [9.17, 15) is 4.79 Å². The molecule has 2 aromatic carbocycles. The maximum absolute atomic E-state index is 12.3. The Kier molecular flexibility index (Phi) is 6.37. The molecule has 0 spiro atoms. The first kappa shape index (κ1) is 17.7. The maximum atomic E-state index is 12.3. The normalized spacial score (nSPS) is 10.4. The fourth-order valence-electron chi connectivity index (χ4n) is 2.31. The molecule has 0 bridgehead atoms. The number of nitrogens with one attached hydrogen (secondary N) is 1. The van der Waals surface area contributed by atoms with Crippen LogP contribution in [0.1, 0.15) is 21.5 Å². The van der Waals surface area contributed by atoms with Gasteiger partial charge in [-0.1, -0.05) is 29.3 Å².